The maximum atomic E-state index is 11.4. The third kappa shape index (κ3) is 5.30. The van der Waals surface area contributed by atoms with Crippen molar-refractivity contribution < 1.29 is 49.0 Å². The molecule has 0 amide bonds. The van der Waals surface area contributed by atoms with Gasteiger partial charge in [0, 0.05) is 6.20 Å². The van der Waals surface area contributed by atoms with Crippen LogP contribution >= 0.6 is 0 Å². The van der Waals surface area contributed by atoms with Crippen molar-refractivity contribution in [3.8, 4) is 0 Å². The Hall–Kier alpha value is -0.910. The molecule has 0 aromatic carbocycles. The van der Waals surface area contributed by atoms with E-state index in [1.165, 1.54) is 18.3 Å². The van der Waals surface area contributed by atoms with Crippen molar-refractivity contribution in [2.75, 3.05) is 6.61 Å². The Morgan fingerprint density at radius 1 is 1.41 bits per heavy atom. The molecule has 0 aliphatic carbocycles. The minimum atomic E-state index is -1.37. The van der Waals surface area contributed by atoms with Gasteiger partial charge in [0.05, 0.1) is 23.8 Å². The van der Waals surface area contributed by atoms with Crippen molar-refractivity contribution in [2.24, 2.45) is 0 Å². The quantitative estimate of drug-likeness (QED) is 0.323. The molecule has 0 atom stereocenters. The molecule has 0 bridgehead atoms. The van der Waals surface area contributed by atoms with Crippen LogP contribution in [0.2, 0.25) is 0 Å². The van der Waals surface area contributed by atoms with Crippen LogP contribution in [0.5, 0.6) is 0 Å². The summed E-state index contributed by atoms with van der Waals surface area (Å²) in [7, 11) is 0. The van der Waals surface area contributed by atoms with E-state index in [2.05, 4.69) is 4.98 Å². The fourth-order valence-corrected chi connectivity index (χ4v) is 1.03. The summed E-state index contributed by atoms with van der Waals surface area (Å²) in [6, 6.07) is 2.57. The molecule has 0 N–H and O–H groups in total. The van der Waals surface area contributed by atoms with Crippen LogP contribution in [0.3, 0.4) is 0 Å². The molecule has 6 heteroatoms. The molecule has 0 saturated heterocycles. The van der Waals surface area contributed by atoms with E-state index in [1.54, 1.807) is 0 Å². The first-order valence-electron chi connectivity index (χ1n) is 4.99. The third-order valence-corrected chi connectivity index (χ3v) is 1.94. The molecular weight excluding hydrogens is 233 g/mol. The number of unbranched alkanes of at least 4 members (excludes halogenated alkanes) is 1. The third-order valence-electron chi connectivity index (χ3n) is 1.94. The van der Waals surface area contributed by atoms with Crippen LogP contribution in [0.25, 0.3) is 0 Å². The number of aromatic nitrogens is 1. The molecule has 0 unspecified atom stereocenters. The zero-order valence-corrected chi connectivity index (χ0v) is 11.9. The molecule has 5 nitrogen and oxygen atoms in total. The van der Waals surface area contributed by atoms with Crippen LogP contribution < -0.4 is 34.7 Å². The number of aromatic carboxylic acids is 1. The van der Waals surface area contributed by atoms with E-state index >= 15 is 0 Å². The van der Waals surface area contributed by atoms with E-state index in [0.29, 0.717) is 6.61 Å². The molecule has 86 valence electrons. The van der Waals surface area contributed by atoms with Crippen molar-refractivity contribution >= 4 is 11.9 Å². The fraction of sp³-hybridized carbons (Fsp3) is 0.364. The number of esters is 1. The van der Waals surface area contributed by atoms with Gasteiger partial charge in [0.1, 0.15) is 0 Å². The minimum absolute atomic E-state index is 0. The Kier molecular flexibility index (Phi) is 7.78. The summed E-state index contributed by atoms with van der Waals surface area (Å²) in [5, 5.41) is 10.4. The van der Waals surface area contributed by atoms with Gasteiger partial charge < -0.3 is 14.6 Å². The van der Waals surface area contributed by atoms with Gasteiger partial charge >= 0.3 is 35.5 Å². The number of carbonyl (C=O) groups excluding carboxylic acids is 2. The van der Waals surface area contributed by atoms with Crippen molar-refractivity contribution in [1.29, 1.82) is 0 Å². The number of carbonyl (C=O) groups is 2. The molecule has 0 aliphatic heterocycles. The minimum Gasteiger partial charge on any atom is -0.543 e. The Balaban J connectivity index is 0.00000256. The predicted octanol–water partition coefficient (Wildman–Crippen LogP) is -2.59. The van der Waals surface area contributed by atoms with E-state index < -0.39 is 11.9 Å². The number of nitrogens with zero attached hydrogens (tertiary/aromatic N) is 1. The molecule has 0 fully saturated rings. The molecule has 1 rings (SSSR count). The molecule has 1 aromatic heterocycles. The average Bonchev–Trinajstić information content (AvgIpc) is 2.29. The second-order valence-corrected chi connectivity index (χ2v) is 3.21. The summed E-state index contributed by atoms with van der Waals surface area (Å²) in [6.07, 6.45) is 2.91. The van der Waals surface area contributed by atoms with E-state index in [9.17, 15) is 14.7 Å². The van der Waals surface area contributed by atoms with Crippen LogP contribution in [-0.4, -0.2) is 23.5 Å². The van der Waals surface area contributed by atoms with Crippen LogP contribution in [0.1, 0.15) is 40.6 Å². The van der Waals surface area contributed by atoms with E-state index in [-0.39, 0.29) is 40.8 Å². The fourth-order valence-electron chi connectivity index (χ4n) is 1.03. The van der Waals surface area contributed by atoms with E-state index in [1.807, 2.05) is 6.92 Å². The molecule has 0 spiro atoms. The summed E-state index contributed by atoms with van der Waals surface area (Å²) in [5.41, 5.74) is 0.0335. The van der Waals surface area contributed by atoms with Gasteiger partial charge in [-0.25, -0.2) is 4.79 Å². The number of pyridine rings is 1. The first-order valence-corrected chi connectivity index (χ1v) is 4.99. The molecule has 1 aromatic rings. The number of hydrogen-bond donors (Lipinski definition) is 0. The number of carboxylic acid groups (broad SMARTS) is 1. The van der Waals surface area contributed by atoms with E-state index in [0.717, 1.165) is 12.8 Å². The molecule has 1 heterocycles. The topological polar surface area (TPSA) is 79.3 Å². The van der Waals surface area contributed by atoms with E-state index in [4.69, 9.17) is 4.74 Å². The number of ether oxygens (including phenoxy) is 1. The first kappa shape index (κ1) is 16.1. The number of rotatable bonds is 5. The van der Waals surface area contributed by atoms with Gasteiger partial charge in [0.15, 0.2) is 0 Å². The predicted molar refractivity (Wildman–Crippen MR) is 53.8 cm³/mol. The Bertz CT molecular complexity index is 378. The molecule has 0 saturated carbocycles. The second kappa shape index (κ2) is 8.22. The Morgan fingerprint density at radius 3 is 2.59 bits per heavy atom. The monoisotopic (exact) mass is 245 g/mol. The summed E-state index contributed by atoms with van der Waals surface area (Å²) in [4.78, 5) is 25.3. The van der Waals surface area contributed by atoms with Gasteiger partial charge in [0.25, 0.3) is 0 Å². The smallest absolute Gasteiger partial charge is 0.543 e. The van der Waals surface area contributed by atoms with Crippen LogP contribution in [-0.2, 0) is 4.74 Å². The standard InChI is InChI=1S/C11H13NO4.Na/c1-2-3-6-16-11(15)8-4-5-9(10(13)14)12-7-8;/h4-5,7H,2-3,6H2,1H3,(H,13,14);/q;+1/p-1. The van der Waals surface area contributed by atoms with Crippen LogP contribution in [0.4, 0.5) is 0 Å². The molecule has 0 aliphatic rings. The van der Waals surface area contributed by atoms with Crippen molar-refractivity contribution in [3.63, 3.8) is 0 Å². The Morgan fingerprint density at radius 2 is 2.12 bits per heavy atom. The summed E-state index contributed by atoms with van der Waals surface area (Å²) >= 11 is 0. The van der Waals surface area contributed by atoms with Crippen molar-refractivity contribution in [2.45, 2.75) is 19.8 Å². The normalized spacial score (nSPS) is 9.24. The zero-order valence-electron chi connectivity index (χ0n) is 9.93. The van der Waals surface area contributed by atoms with Gasteiger partial charge in [-0.15, -0.1) is 0 Å². The zero-order chi connectivity index (χ0) is 12.0. The summed E-state index contributed by atoms with van der Waals surface area (Å²) in [5.74, 6) is -1.86. The van der Waals surface area contributed by atoms with Gasteiger partial charge in [-0.05, 0) is 18.6 Å². The van der Waals surface area contributed by atoms with Gasteiger partial charge in [-0.2, -0.15) is 0 Å². The second-order valence-electron chi connectivity index (χ2n) is 3.21. The molecular formula is C11H12NNaO4. The SMILES string of the molecule is CCCCOC(=O)c1ccc(C(=O)[O-])nc1.[Na+]. The van der Waals surface area contributed by atoms with Gasteiger partial charge in [0.2, 0.25) is 0 Å². The van der Waals surface area contributed by atoms with Crippen molar-refractivity contribution in [3.05, 3.63) is 29.6 Å². The maximum absolute atomic E-state index is 11.4. The average molecular weight is 245 g/mol. The molecule has 17 heavy (non-hydrogen) atoms. The number of carboxylic acids is 1. The van der Waals surface area contributed by atoms with Gasteiger partial charge in [-0.3, -0.25) is 4.98 Å². The molecule has 0 radical (unpaired) electrons. The van der Waals surface area contributed by atoms with Crippen LogP contribution in [0.15, 0.2) is 18.3 Å². The number of hydrogen-bond acceptors (Lipinski definition) is 5. The van der Waals surface area contributed by atoms with Gasteiger partial charge in [-0.1, -0.05) is 13.3 Å². The van der Waals surface area contributed by atoms with Crippen LogP contribution in [0, 0.1) is 0 Å². The summed E-state index contributed by atoms with van der Waals surface area (Å²) < 4.78 is 4.93. The Labute approximate surface area is 121 Å². The largest absolute Gasteiger partial charge is 1.00 e. The maximum Gasteiger partial charge on any atom is 1.00 e. The summed E-state index contributed by atoms with van der Waals surface area (Å²) in [6.45, 7) is 2.35. The van der Waals surface area contributed by atoms with Crippen molar-refractivity contribution in [1.82, 2.24) is 4.98 Å². The first-order chi connectivity index (χ1) is 7.65.